The molecule has 5 aliphatic heterocycles. The van der Waals surface area contributed by atoms with Crippen molar-refractivity contribution in [2.75, 3.05) is 99.8 Å². The van der Waals surface area contributed by atoms with Crippen LogP contribution in [0.3, 0.4) is 0 Å². The monoisotopic (exact) mass is 1190 g/mol. The number of hydrogen-bond donors (Lipinski definition) is 4. The minimum Gasteiger partial charge on any atom is -0.493 e. The zero-order chi connectivity index (χ0) is 56.6. The first-order valence-corrected chi connectivity index (χ1v) is 31.9. The van der Waals surface area contributed by atoms with Gasteiger partial charge >= 0.3 is 5.97 Å². The van der Waals surface area contributed by atoms with Crippen molar-refractivity contribution in [2.24, 2.45) is 0 Å². The Labute approximate surface area is 457 Å². The second-order valence-corrected chi connectivity index (χ2v) is 27.0. The van der Waals surface area contributed by atoms with Crippen molar-refractivity contribution in [3.8, 4) is 23.0 Å². The number of imide groups is 1. The fraction of sp³-hybridized carbons (Fsp3) is 0.532. The molecule has 26 nitrogen and oxygen atoms in total. The van der Waals surface area contributed by atoms with Crippen LogP contribution in [0.2, 0.25) is 0 Å². The molecule has 0 bridgehead atoms. The lowest BCUT2D eigenvalue weighted by Crippen LogP contribution is -2.44. The summed E-state index contributed by atoms with van der Waals surface area (Å²) in [7, 11) is -9.72. The molecule has 5 heterocycles. The molecule has 7 rings (SSSR count). The van der Waals surface area contributed by atoms with E-state index < -0.39 is 105 Å². The normalized spacial score (nSPS) is 20.8. The van der Waals surface area contributed by atoms with Crippen molar-refractivity contribution in [1.29, 1.82) is 0 Å². The van der Waals surface area contributed by atoms with E-state index in [4.69, 9.17) is 32.2 Å². The van der Waals surface area contributed by atoms with E-state index in [1.807, 2.05) is 0 Å². The van der Waals surface area contributed by atoms with E-state index >= 15 is 4.57 Å². The topological polar surface area (TPSA) is 324 Å². The number of ether oxygens (including phenoxy) is 4. The van der Waals surface area contributed by atoms with Gasteiger partial charge in [0.05, 0.1) is 86.2 Å². The van der Waals surface area contributed by atoms with Crippen LogP contribution in [-0.4, -0.2) is 194 Å². The van der Waals surface area contributed by atoms with Crippen LogP contribution in [-0.2, 0) is 68.8 Å². The fourth-order valence-corrected chi connectivity index (χ4v) is 15.2. The van der Waals surface area contributed by atoms with Crippen molar-refractivity contribution >= 4 is 97.6 Å². The summed E-state index contributed by atoms with van der Waals surface area (Å²) in [6.07, 6.45) is -2.68. The quantitative estimate of drug-likeness (QED) is 0.0327. The average Bonchev–Trinajstić information content (AvgIpc) is 4.12. The van der Waals surface area contributed by atoms with Gasteiger partial charge in [-0.3, -0.25) is 24.0 Å². The predicted molar refractivity (Wildman–Crippen MR) is 284 cm³/mol. The van der Waals surface area contributed by atoms with E-state index in [-0.39, 0.29) is 140 Å². The Morgan fingerprint density at radius 2 is 1.23 bits per heavy atom. The first-order valence-electron chi connectivity index (χ1n) is 24.4. The van der Waals surface area contributed by atoms with Gasteiger partial charge in [0.1, 0.15) is 7.14 Å². The molecule has 2 N–H and O–H groups in total. The van der Waals surface area contributed by atoms with Crippen LogP contribution in [0.25, 0.3) is 0 Å². The van der Waals surface area contributed by atoms with Crippen LogP contribution >= 0.6 is 18.9 Å². The van der Waals surface area contributed by atoms with Crippen molar-refractivity contribution in [3.63, 3.8) is 0 Å². The highest BCUT2D eigenvalue weighted by atomic mass is 32.2. The highest BCUT2D eigenvalue weighted by Crippen LogP contribution is 2.47. The van der Waals surface area contributed by atoms with Gasteiger partial charge in [0.15, 0.2) is 45.3 Å². The van der Waals surface area contributed by atoms with E-state index in [9.17, 15) is 54.0 Å². The summed E-state index contributed by atoms with van der Waals surface area (Å²) >= 11 is 1.27. The van der Waals surface area contributed by atoms with Gasteiger partial charge in [-0.1, -0.05) is 24.3 Å². The molecule has 2 aromatic rings. The van der Waals surface area contributed by atoms with E-state index in [1.54, 1.807) is 0 Å². The Balaban J connectivity index is 1.01. The first-order chi connectivity index (χ1) is 37.0. The third kappa shape index (κ3) is 14.9. The van der Waals surface area contributed by atoms with Gasteiger partial charge in [-0.25, -0.2) is 38.4 Å². The largest absolute Gasteiger partial charge is 0.493 e. The van der Waals surface area contributed by atoms with Crippen molar-refractivity contribution in [2.45, 2.75) is 69.5 Å². The average molecular weight is 1190 g/mol. The third-order valence-corrected chi connectivity index (χ3v) is 20.0. The van der Waals surface area contributed by atoms with Gasteiger partial charge in [-0.2, -0.15) is 11.8 Å². The standard InChI is InChI=1S/C47H61N6O20PS4/c1-28-19-34-44(72-76(61)62)48-32-23-38(36(67-4)21-30(32)46(58)51(34)25-28)69-11-13-74(60,27-50(3)40(54)7-6-15-75-16-18-78(65,66)17-10-43(57)71-53-41(55)8-9-42(53)56)14-12-70-39-24-33-31(22-37(39)68-5)47(59)52-26-29(2)20-35(52)45(49-33)73-77(63)64/h21-24,34-35,44-45,48-49,76-77H,1-2,6-20,25-27H2,3-5H3/t34-,35+,44?,45?,74?. The third-order valence-electron chi connectivity index (χ3n) is 13.3. The summed E-state index contributed by atoms with van der Waals surface area (Å²) in [5.41, 5.74) is 2.08. The zero-order valence-corrected chi connectivity index (χ0v) is 47.2. The van der Waals surface area contributed by atoms with Gasteiger partial charge in [0.25, 0.3) is 45.6 Å². The number of carbonyl (C=O) groups is 6. The molecule has 5 amide bonds. The molecule has 3 fully saturated rings. The molecular formula is C47H61N6O20PS4. The summed E-state index contributed by atoms with van der Waals surface area (Å²) < 4.78 is 121. The number of nitrogens with one attached hydrogen (secondary N) is 2. The molecule has 78 heavy (non-hydrogen) atoms. The number of sulfone groups is 1. The number of nitrogens with zero attached hydrogens (tertiary/aromatic N) is 4. The zero-order valence-electron chi connectivity index (χ0n) is 42.9. The van der Waals surface area contributed by atoms with E-state index in [1.165, 1.54) is 72.0 Å². The molecule has 3 unspecified atom stereocenters. The van der Waals surface area contributed by atoms with Crippen LogP contribution in [0.1, 0.15) is 65.7 Å². The Morgan fingerprint density at radius 1 is 0.744 bits per heavy atom. The summed E-state index contributed by atoms with van der Waals surface area (Å²) in [6.45, 7) is 7.85. The first kappa shape index (κ1) is 59.7. The summed E-state index contributed by atoms with van der Waals surface area (Å²) in [6, 6.07) is 4.38. The Hall–Kier alpha value is -5.91. The van der Waals surface area contributed by atoms with Crippen LogP contribution in [0.5, 0.6) is 23.0 Å². The lowest BCUT2D eigenvalue weighted by atomic mass is 10.1. The maximum absolute atomic E-state index is 15.1. The van der Waals surface area contributed by atoms with Crippen molar-refractivity contribution in [3.05, 3.63) is 59.7 Å². The highest BCUT2D eigenvalue weighted by molar-refractivity contribution is 8.00. The Kier molecular flexibility index (Phi) is 19.8. The van der Waals surface area contributed by atoms with Crippen LogP contribution < -0.4 is 29.6 Å². The maximum Gasteiger partial charge on any atom is 0.334 e. The highest BCUT2D eigenvalue weighted by Gasteiger charge is 2.44. The van der Waals surface area contributed by atoms with Gasteiger partial charge in [-0.05, 0) is 37.1 Å². The number of fused-ring (bicyclic) bond motifs is 4. The molecular weight excluding hydrogens is 1130 g/mol. The molecule has 428 valence electrons. The second-order valence-electron chi connectivity index (χ2n) is 18.9. The Morgan fingerprint density at radius 3 is 1.69 bits per heavy atom. The maximum atomic E-state index is 15.1. The van der Waals surface area contributed by atoms with Gasteiger partial charge in [0.2, 0.25) is 5.91 Å². The van der Waals surface area contributed by atoms with Crippen molar-refractivity contribution in [1.82, 2.24) is 19.8 Å². The Bertz CT molecular complexity index is 2890. The summed E-state index contributed by atoms with van der Waals surface area (Å²) in [4.78, 5) is 85.7. The lowest BCUT2D eigenvalue weighted by molar-refractivity contribution is -0.197. The van der Waals surface area contributed by atoms with Gasteiger partial charge in [-0.15, -0.1) is 5.06 Å². The summed E-state index contributed by atoms with van der Waals surface area (Å²) in [5.74, 6) is -3.46. The molecule has 0 aromatic heterocycles. The van der Waals surface area contributed by atoms with Gasteiger partial charge in [0, 0.05) is 69.6 Å². The number of amides is 5. The fourth-order valence-electron chi connectivity index (χ4n) is 9.40. The number of hydroxylamine groups is 2. The molecule has 0 spiro atoms. The number of carbonyl (C=O) groups excluding carboxylic acids is 6. The SMILES string of the molecule is C=C1C[C@@H]2C(O[SH](=O)=O)Nc3cc(OCCP(=O)(CCOc4cc5c(cc4OC)C(=O)N4CC(=C)C[C@H]4C(O[SH](=O)=O)N5)CN(C)C(=O)CCCSCCS(=O)(=O)CCC(=O)ON4C(=O)CCC4=O)c(OC)cc3C(=O)N2C1. The number of thioether (sulfide) groups is 1. The number of hydrogen-bond acceptors (Lipinski definition) is 23. The molecule has 0 saturated carbocycles. The number of thiol groups is 2. The molecule has 5 aliphatic rings. The van der Waals surface area contributed by atoms with E-state index in [2.05, 4.69) is 23.8 Å². The molecule has 0 radical (unpaired) electrons. The lowest BCUT2D eigenvalue weighted by Gasteiger charge is -2.26. The van der Waals surface area contributed by atoms with Crippen LogP contribution in [0.15, 0.2) is 48.6 Å². The van der Waals surface area contributed by atoms with Crippen molar-refractivity contribution < 1.29 is 90.7 Å². The molecule has 2 aromatic carbocycles. The minimum absolute atomic E-state index is 0.00846. The van der Waals surface area contributed by atoms with E-state index in [0.717, 1.165) is 0 Å². The van der Waals surface area contributed by atoms with Crippen LogP contribution in [0.4, 0.5) is 11.4 Å². The molecule has 31 heteroatoms. The van der Waals surface area contributed by atoms with E-state index in [0.29, 0.717) is 28.4 Å². The second kappa shape index (κ2) is 25.9. The molecule has 3 saturated heterocycles. The van der Waals surface area contributed by atoms with Crippen LogP contribution in [0, 0.1) is 0 Å². The summed E-state index contributed by atoms with van der Waals surface area (Å²) in [5, 5.41) is 6.37. The number of rotatable bonds is 27. The molecule has 5 atom stereocenters. The number of anilines is 2. The smallest absolute Gasteiger partial charge is 0.334 e. The number of methoxy groups -OCH3 is 2. The minimum atomic E-state index is -3.71. The van der Waals surface area contributed by atoms with Gasteiger partial charge < -0.3 is 53.7 Å². The predicted octanol–water partition coefficient (Wildman–Crippen LogP) is 2.00. The molecule has 0 aliphatic carbocycles. The number of benzene rings is 2.